The van der Waals surface area contributed by atoms with E-state index in [1.807, 2.05) is 0 Å². The third kappa shape index (κ3) is 9.51. The summed E-state index contributed by atoms with van der Waals surface area (Å²) >= 11 is 6.46. The van der Waals surface area contributed by atoms with Gasteiger partial charge < -0.3 is 14.8 Å². The van der Waals surface area contributed by atoms with Crippen molar-refractivity contribution in [3.63, 3.8) is 0 Å². The summed E-state index contributed by atoms with van der Waals surface area (Å²) in [5.74, 6) is 0.583. The van der Waals surface area contributed by atoms with Gasteiger partial charge in [-0.15, -0.1) is 0 Å². The molecule has 1 aliphatic rings. The van der Waals surface area contributed by atoms with Crippen LogP contribution in [0.5, 0.6) is 11.5 Å². The van der Waals surface area contributed by atoms with Crippen LogP contribution in [0, 0.1) is 5.41 Å². The fraction of sp³-hybridized carbons (Fsp3) is 0.280. The van der Waals surface area contributed by atoms with E-state index in [0.29, 0.717) is 38.3 Å². The lowest BCUT2D eigenvalue weighted by Crippen LogP contribution is -2.46. The number of aliphatic imine (C=N–C) groups is 1. The zero-order chi connectivity index (χ0) is 27.0. The van der Waals surface area contributed by atoms with Crippen LogP contribution in [-0.2, 0) is 0 Å². The van der Waals surface area contributed by atoms with Gasteiger partial charge in [0.25, 0.3) is 0 Å². The Bertz CT molecular complexity index is 1150. The van der Waals surface area contributed by atoms with Crippen LogP contribution < -0.4 is 20.2 Å². The van der Waals surface area contributed by atoms with Crippen molar-refractivity contribution in [3.05, 3.63) is 68.6 Å². The van der Waals surface area contributed by atoms with Crippen LogP contribution >= 0.6 is 31.9 Å². The summed E-state index contributed by atoms with van der Waals surface area (Å²) in [7, 11) is 0. The first kappa shape index (κ1) is 28.7. The highest BCUT2D eigenvalue weighted by atomic mass is 79.9. The highest BCUT2D eigenvalue weighted by molar-refractivity contribution is 9.10. The molecule has 0 atom stereocenters. The van der Waals surface area contributed by atoms with Gasteiger partial charge in [-0.3, -0.25) is 4.99 Å². The number of allylic oxidation sites excluding steroid dienone is 2. The first-order chi connectivity index (χ1) is 17.5. The molecule has 6 nitrogen and oxygen atoms in total. The molecule has 2 aromatic rings. The van der Waals surface area contributed by atoms with Crippen LogP contribution in [0.15, 0.2) is 67.6 Å². The highest BCUT2D eigenvalue weighted by Crippen LogP contribution is 2.29. The van der Waals surface area contributed by atoms with Crippen molar-refractivity contribution < 1.29 is 27.0 Å². The molecule has 2 N–H and O–H groups in total. The molecule has 2 aromatic carbocycles. The minimum atomic E-state index is -2.93. The molecule has 0 aliphatic carbocycles. The number of hydrogen-bond acceptors (Lipinski definition) is 6. The van der Waals surface area contributed by atoms with Crippen LogP contribution in [0.4, 0.5) is 17.6 Å². The quantitative estimate of drug-likeness (QED) is 0.174. The molecule has 1 aliphatic heterocycles. The van der Waals surface area contributed by atoms with Gasteiger partial charge in [-0.1, -0.05) is 38.1 Å². The Morgan fingerprint density at radius 2 is 1.49 bits per heavy atom. The van der Waals surface area contributed by atoms with Gasteiger partial charge in [0.1, 0.15) is 11.5 Å². The van der Waals surface area contributed by atoms with Crippen molar-refractivity contribution in [2.45, 2.75) is 27.1 Å². The number of nitrogens with one attached hydrogen (secondary N) is 2. The molecular formula is C25H24Br2F4N4O2. The number of rotatable bonds is 9. The lowest BCUT2D eigenvalue weighted by atomic mass is 9.93. The topological polar surface area (TPSA) is 67.2 Å². The summed E-state index contributed by atoms with van der Waals surface area (Å²) in [5, 5.41) is 7.60. The maximum atomic E-state index is 12.5. The van der Waals surface area contributed by atoms with Crippen molar-refractivity contribution in [3.8, 4) is 11.5 Å². The van der Waals surface area contributed by atoms with E-state index >= 15 is 0 Å². The van der Waals surface area contributed by atoms with Crippen molar-refractivity contribution in [1.82, 2.24) is 10.7 Å². The second kappa shape index (κ2) is 13.1. The molecule has 198 valence electrons. The van der Waals surface area contributed by atoms with Gasteiger partial charge in [0, 0.05) is 18.5 Å². The van der Waals surface area contributed by atoms with Crippen LogP contribution in [0.25, 0.3) is 12.2 Å². The molecule has 12 heteroatoms. The Kier molecular flexibility index (Phi) is 10.2. The Hall–Kier alpha value is -2.86. The number of alkyl halides is 4. The number of hydrazone groups is 1. The molecule has 0 spiro atoms. The standard InChI is InChI=1S/C25H24Br2F4N4O2/c1-25(2)13-32-24(33-14-25)35-34-17(7-3-15-5-9-20(18(26)11-15)36-22(28)29)8-4-16-6-10-21(19(27)12-16)37-23(30)31/h3-12,22-23H,13-14H2,1-2H3,(H2,32,33,35)/b7-3+,8-4+. The number of nitrogens with zero attached hydrogens (tertiary/aromatic N) is 2. The van der Waals surface area contributed by atoms with Gasteiger partial charge in [0.15, 0.2) is 0 Å². The third-order valence-corrected chi connectivity index (χ3v) is 6.17. The molecule has 0 radical (unpaired) electrons. The van der Waals surface area contributed by atoms with Gasteiger partial charge in [-0.05, 0) is 79.4 Å². The maximum Gasteiger partial charge on any atom is 0.387 e. The first-order valence-corrected chi connectivity index (χ1v) is 12.6. The minimum absolute atomic E-state index is 0.0248. The summed E-state index contributed by atoms with van der Waals surface area (Å²) in [6, 6.07) is 9.39. The summed E-state index contributed by atoms with van der Waals surface area (Å²) in [6.45, 7) is -0.271. The van der Waals surface area contributed by atoms with Crippen LogP contribution in [0.2, 0.25) is 0 Å². The Labute approximate surface area is 228 Å². The zero-order valence-corrected chi connectivity index (χ0v) is 23.0. The van der Waals surface area contributed by atoms with Crippen LogP contribution in [0.3, 0.4) is 0 Å². The second-order valence-corrected chi connectivity index (χ2v) is 10.3. The average molecular weight is 648 g/mol. The summed E-state index contributed by atoms with van der Waals surface area (Å²) in [6.07, 6.45) is 6.93. The van der Waals surface area contributed by atoms with E-state index in [4.69, 9.17) is 0 Å². The fourth-order valence-electron chi connectivity index (χ4n) is 3.04. The van der Waals surface area contributed by atoms with Gasteiger partial charge in [-0.25, -0.2) is 5.43 Å². The van der Waals surface area contributed by atoms with Gasteiger partial charge >= 0.3 is 13.2 Å². The van der Waals surface area contributed by atoms with Gasteiger partial charge in [0.2, 0.25) is 5.96 Å². The van der Waals surface area contributed by atoms with Crippen LogP contribution in [0.1, 0.15) is 25.0 Å². The summed E-state index contributed by atoms with van der Waals surface area (Å²) < 4.78 is 59.7. The molecule has 0 saturated carbocycles. The van der Waals surface area contributed by atoms with E-state index in [2.05, 4.69) is 76.0 Å². The van der Waals surface area contributed by atoms with E-state index in [0.717, 1.165) is 6.54 Å². The number of benzene rings is 2. The molecule has 0 amide bonds. The molecule has 0 fully saturated rings. The summed E-state index contributed by atoms with van der Waals surface area (Å²) in [5.41, 5.74) is 4.88. The first-order valence-electron chi connectivity index (χ1n) is 11.0. The van der Waals surface area contributed by atoms with E-state index in [1.54, 1.807) is 48.6 Å². The Morgan fingerprint density at radius 3 is 1.89 bits per heavy atom. The molecule has 0 aromatic heterocycles. The van der Waals surface area contributed by atoms with E-state index < -0.39 is 13.2 Å². The predicted octanol–water partition coefficient (Wildman–Crippen LogP) is 7.07. The normalized spacial score (nSPS) is 15.1. The van der Waals surface area contributed by atoms with Gasteiger partial charge in [0.05, 0.1) is 14.7 Å². The van der Waals surface area contributed by atoms with Crippen molar-refractivity contribution >= 4 is 55.7 Å². The zero-order valence-electron chi connectivity index (χ0n) is 19.8. The third-order valence-electron chi connectivity index (χ3n) is 4.93. The van der Waals surface area contributed by atoms with Gasteiger partial charge in [-0.2, -0.15) is 22.7 Å². The molecule has 0 bridgehead atoms. The number of ether oxygens (including phenoxy) is 2. The second-order valence-electron chi connectivity index (χ2n) is 8.63. The number of hydrogen-bond donors (Lipinski definition) is 2. The van der Waals surface area contributed by atoms with Crippen molar-refractivity contribution in [2.75, 3.05) is 13.1 Å². The average Bonchev–Trinajstić information content (AvgIpc) is 2.82. The molecule has 0 unspecified atom stereocenters. The smallest absolute Gasteiger partial charge is 0.387 e. The number of guanidine groups is 1. The molecular weight excluding hydrogens is 624 g/mol. The Morgan fingerprint density at radius 1 is 0.973 bits per heavy atom. The Balaban J connectivity index is 1.82. The lowest BCUT2D eigenvalue weighted by molar-refractivity contribution is -0.0510. The molecule has 0 saturated heterocycles. The minimum Gasteiger partial charge on any atom is -0.434 e. The van der Waals surface area contributed by atoms with E-state index in [-0.39, 0.29) is 16.9 Å². The maximum absolute atomic E-state index is 12.5. The monoisotopic (exact) mass is 646 g/mol. The van der Waals surface area contributed by atoms with Crippen LogP contribution in [-0.4, -0.2) is 38.0 Å². The SMILES string of the molecule is CC1(C)CN=C(NN=C(/C=C/c2ccc(OC(F)F)c(Br)c2)/C=C/c2ccc(OC(F)F)c(Br)c2)NC1. The van der Waals surface area contributed by atoms with E-state index in [9.17, 15) is 17.6 Å². The van der Waals surface area contributed by atoms with Crippen molar-refractivity contribution in [2.24, 2.45) is 15.5 Å². The predicted molar refractivity (Wildman–Crippen MR) is 144 cm³/mol. The fourth-order valence-corrected chi connectivity index (χ4v) is 4.02. The molecule has 37 heavy (non-hydrogen) atoms. The largest absolute Gasteiger partial charge is 0.434 e. The summed E-state index contributed by atoms with van der Waals surface area (Å²) in [4.78, 5) is 4.46. The highest BCUT2D eigenvalue weighted by Gasteiger charge is 2.22. The lowest BCUT2D eigenvalue weighted by Gasteiger charge is -2.28. The number of halogens is 6. The molecule has 1 heterocycles. The molecule has 3 rings (SSSR count). The van der Waals surface area contributed by atoms with Crippen molar-refractivity contribution in [1.29, 1.82) is 0 Å². The van der Waals surface area contributed by atoms with E-state index in [1.165, 1.54) is 12.1 Å².